The normalized spacial score (nSPS) is 29.4. The Hall–Kier alpha value is -2.38. The number of fused-ring (bicyclic) bond motifs is 3. The fourth-order valence-electron chi connectivity index (χ4n) is 5.41. The summed E-state index contributed by atoms with van der Waals surface area (Å²) in [6.07, 6.45) is 4.16. The number of aromatic hydroxyl groups is 1. The van der Waals surface area contributed by atoms with Crippen molar-refractivity contribution in [1.82, 2.24) is 4.90 Å². The molecule has 2 saturated heterocycles. The van der Waals surface area contributed by atoms with Gasteiger partial charge in [-0.1, -0.05) is 29.4 Å². The summed E-state index contributed by atoms with van der Waals surface area (Å²) in [5.74, 6) is -0.843. The van der Waals surface area contributed by atoms with Gasteiger partial charge in [-0.25, -0.2) is 0 Å². The molecule has 1 aliphatic carbocycles. The van der Waals surface area contributed by atoms with Crippen LogP contribution in [-0.4, -0.2) is 47.1 Å². The molecule has 1 aromatic rings. The SMILES string of the molecule is CC1=C2[C@@H](CC/C(C)=C/c3cccc(O)c3)OB(O)C[C@@H]2[C@@H]2C(=O)N(C)C(=O)[C@@H]2C1. The first kappa shape index (κ1) is 20.9. The van der Waals surface area contributed by atoms with Crippen LogP contribution in [0.3, 0.4) is 0 Å². The van der Waals surface area contributed by atoms with E-state index in [4.69, 9.17) is 4.65 Å². The zero-order chi connectivity index (χ0) is 21.6. The Morgan fingerprint density at radius 1 is 1.30 bits per heavy atom. The minimum absolute atomic E-state index is 0.106. The van der Waals surface area contributed by atoms with Crippen LogP contribution in [0.25, 0.3) is 6.08 Å². The Bertz CT molecular complexity index is 939. The lowest BCUT2D eigenvalue weighted by atomic mass is 9.59. The Morgan fingerprint density at radius 2 is 2.07 bits per heavy atom. The predicted molar refractivity (Wildman–Crippen MR) is 114 cm³/mol. The molecule has 4 atom stereocenters. The molecular weight excluding hydrogens is 381 g/mol. The molecule has 0 spiro atoms. The third-order valence-corrected chi connectivity index (χ3v) is 6.76. The molecule has 1 aromatic carbocycles. The number of hydrogen-bond donors (Lipinski definition) is 2. The van der Waals surface area contributed by atoms with E-state index in [1.807, 2.05) is 32.1 Å². The topological polar surface area (TPSA) is 87.1 Å². The summed E-state index contributed by atoms with van der Waals surface area (Å²) < 4.78 is 5.90. The predicted octanol–water partition coefficient (Wildman–Crippen LogP) is 3.02. The molecule has 2 amide bonds. The van der Waals surface area contributed by atoms with Crippen LogP contribution in [0, 0.1) is 17.8 Å². The lowest BCUT2D eigenvalue weighted by Crippen LogP contribution is -2.45. The molecule has 2 N–H and O–H groups in total. The highest BCUT2D eigenvalue weighted by molar-refractivity contribution is 6.43. The van der Waals surface area contributed by atoms with Crippen molar-refractivity contribution in [1.29, 1.82) is 0 Å². The molecule has 158 valence electrons. The van der Waals surface area contributed by atoms with Gasteiger partial charge in [-0.3, -0.25) is 14.5 Å². The number of nitrogens with zero attached hydrogens (tertiary/aromatic N) is 1. The molecule has 2 fully saturated rings. The first-order valence-electron chi connectivity index (χ1n) is 10.6. The number of rotatable bonds is 4. The molecule has 2 aliphatic heterocycles. The molecule has 3 aliphatic rings. The summed E-state index contributed by atoms with van der Waals surface area (Å²) in [5.41, 5.74) is 4.29. The second-order valence-corrected chi connectivity index (χ2v) is 8.85. The van der Waals surface area contributed by atoms with Crippen molar-refractivity contribution in [2.24, 2.45) is 17.8 Å². The van der Waals surface area contributed by atoms with Crippen LogP contribution in [-0.2, 0) is 14.2 Å². The molecule has 0 saturated carbocycles. The van der Waals surface area contributed by atoms with Crippen molar-refractivity contribution in [3.63, 3.8) is 0 Å². The summed E-state index contributed by atoms with van der Waals surface area (Å²) in [4.78, 5) is 26.5. The highest BCUT2D eigenvalue weighted by atomic mass is 16.5. The van der Waals surface area contributed by atoms with Gasteiger partial charge in [-0.05, 0) is 68.6 Å². The molecule has 4 rings (SSSR count). The smallest absolute Gasteiger partial charge is 0.455 e. The van der Waals surface area contributed by atoms with Gasteiger partial charge >= 0.3 is 7.12 Å². The summed E-state index contributed by atoms with van der Waals surface area (Å²) in [6, 6.07) is 7.10. The Balaban J connectivity index is 1.54. The van der Waals surface area contributed by atoms with Crippen LogP contribution in [0.4, 0.5) is 0 Å². The highest BCUT2D eigenvalue weighted by Gasteiger charge is 2.55. The second-order valence-electron chi connectivity index (χ2n) is 8.85. The van der Waals surface area contributed by atoms with E-state index in [0.717, 1.165) is 28.7 Å². The minimum Gasteiger partial charge on any atom is -0.508 e. The minimum atomic E-state index is -0.931. The zero-order valence-corrected chi connectivity index (χ0v) is 17.7. The fourth-order valence-corrected chi connectivity index (χ4v) is 5.41. The van der Waals surface area contributed by atoms with Crippen molar-refractivity contribution in [3.05, 3.63) is 46.5 Å². The van der Waals surface area contributed by atoms with Gasteiger partial charge < -0.3 is 14.8 Å². The van der Waals surface area contributed by atoms with E-state index in [0.29, 0.717) is 19.2 Å². The van der Waals surface area contributed by atoms with Gasteiger partial charge in [-0.2, -0.15) is 0 Å². The Morgan fingerprint density at radius 3 is 2.80 bits per heavy atom. The Labute approximate surface area is 177 Å². The second kappa shape index (κ2) is 8.04. The molecule has 0 radical (unpaired) electrons. The van der Waals surface area contributed by atoms with Gasteiger partial charge in [0.1, 0.15) is 5.75 Å². The number of likely N-dealkylation sites (tertiary alicyclic amines) is 1. The maximum absolute atomic E-state index is 12.8. The first-order valence-corrected chi connectivity index (χ1v) is 10.6. The monoisotopic (exact) mass is 409 g/mol. The third kappa shape index (κ3) is 3.72. The summed E-state index contributed by atoms with van der Waals surface area (Å²) in [5, 5.41) is 20.0. The maximum atomic E-state index is 12.8. The number of carbonyl (C=O) groups excluding carboxylic acids is 2. The van der Waals surface area contributed by atoms with Gasteiger partial charge in [-0.15, -0.1) is 0 Å². The first-order chi connectivity index (χ1) is 14.3. The highest BCUT2D eigenvalue weighted by Crippen LogP contribution is 2.50. The quantitative estimate of drug-likeness (QED) is 0.454. The number of hydrogen-bond acceptors (Lipinski definition) is 5. The van der Waals surface area contributed by atoms with E-state index >= 15 is 0 Å². The average molecular weight is 409 g/mol. The number of imide groups is 1. The largest absolute Gasteiger partial charge is 0.508 e. The van der Waals surface area contributed by atoms with Crippen LogP contribution in [0.1, 0.15) is 38.7 Å². The number of phenolic OH excluding ortho intramolecular Hbond substituents is 1. The average Bonchev–Trinajstić information content (AvgIpc) is 2.90. The van der Waals surface area contributed by atoms with Crippen molar-refractivity contribution in [2.75, 3.05) is 7.05 Å². The number of amides is 2. The molecule has 7 heteroatoms. The Kier molecular flexibility index (Phi) is 5.60. The van der Waals surface area contributed by atoms with Gasteiger partial charge in [0.05, 0.1) is 17.9 Å². The van der Waals surface area contributed by atoms with E-state index in [1.165, 1.54) is 4.90 Å². The van der Waals surface area contributed by atoms with E-state index in [1.54, 1.807) is 19.2 Å². The molecule has 0 bridgehead atoms. The maximum Gasteiger partial charge on any atom is 0.455 e. The van der Waals surface area contributed by atoms with E-state index in [-0.39, 0.29) is 41.4 Å². The summed E-state index contributed by atoms with van der Waals surface area (Å²) >= 11 is 0. The van der Waals surface area contributed by atoms with Gasteiger partial charge in [0, 0.05) is 7.05 Å². The van der Waals surface area contributed by atoms with E-state index < -0.39 is 7.12 Å². The van der Waals surface area contributed by atoms with Crippen molar-refractivity contribution in [2.45, 2.75) is 45.5 Å². The van der Waals surface area contributed by atoms with Gasteiger partial charge in [0.2, 0.25) is 11.8 Å². The third-order valence-electron chi connectivity index (χ3n) is 6.76. The van der Waals surface area contributed by atoms with Crippen LogP contribution in [0.2, 0.25) is 6.32 Å². The standard InChI is InChI=1S/C23H28BNO5/c1-13(9-15-5-4-6-16(26)11-15)7-8-19-20-14(2)10-17-21(18(20)12-24(29)30-19)23(28)25(3)22(17)27/h4-6,9,11,17-19,21,26,29H,7-8,10,12H2,1-3H3/b13-9+/t17-,18+,19-,21-/m1/s1. The van der Waals surface area contributed by atoms with Crippen LogP contribution < -0.4 is 0 Å². The van der Waals surface area contributed by atoms with Gasteiger partial charge in [0.25, 0.3) is 0 Å². The van der Waals surface area contributed by atoms with Gasteiger partial charge in [0.15, 0.2) is 0 Å². The summed E-state index contributed by atoms with van der Waals surface area (Å²) in [6.45, 7) is 4.06. The van der Waals surface area contributed by atoms with Crippen molar-refractivity contribution in [3.8, 4) is 5.75 Å². The lowest BCUT2D eigenvalue weighted by Gasteiger charge is -2.42. The lowest BCUT2D eigenvalue weighted by molar-refractivity contribution is -0.138. The number of allylic oxidation sites excluding steroid dienone is 2. The van der Waals surface area contributed by atoms with Crippen LogP contribution >= 0.6 is 0 Å². The molecule has 30 heavy (non-hydrogen) atoms. The fraction of sp³-hybridized carbons (Fsp3) is 0.478. The number of phenols is 1. The molecule has 6 nitrogen and oxygen atoms in total. The van der Waals surface area contributed by atoms with E-state index in [2.05, 4.69) is 0 Å². The van der Waals surface area contributed by atoms with Crippen LogP contribution in [0.5, 0.6) is 5.75 Å². The van der Waals surface area contributed by atoms with Crippen LogP contribution in [0.15, 0.2) is 41.0 Å². The molecule has 0 unspecified atom stereocenters. The van der Waals surface area contributed by atoms with Crippen molar-refractivity contribution < 1.29 is 24.4 Å². The summed E-state index contributed by atoms with van der Waals surface area (Å²) in [7, 11) is 0.625. The molecule has 2 heterocycles. The molecule has 0 aromatic heterocycles. The number of carbonyl (C=O) groups is 2. The zero-order valence-electron chi connectivity index (χ0n) is 17.7. The molecular formula is C23H28BNO5. The van der Waals surface area contributed by atoms with E-state index in [9.17, 15) is 19.7 Å². The number of benzene rings is 1. The van der Waals surface area contributed by atoms with Crippen molar-refractivity contribution >= 4 is 25.0 Å².